The van der Waals surface area contributed by atoms with E-state index in [-0.39, 0.29) is 29.5 Å². The van der Waals surface area contributed by atoms with E-state index >= 15 is 0 Å². The van der Waals surface area contributed by atoms with Crippen LogP contribution in [0.1, 0.15) is 43.9 Å². The average Bonchev–Trinajstić information content (AvgIpc) is 2.74. The van der Waals surface area contributed by atoms with Gasteiger partial charge in [0.25, 0.3) is 0 Å². The largest absolute Gasteiger partial charge is 0.338 e. The Bertz CT molecular complexity index is 921. The molecule has 1 unspecified atom stereocenters. The summed E-state index contributed by atoms with van der Waals surface area (Å²) in [4.78, 5) is 15.1. The van der Waals surface area contributed by atoms with Crippen molar-refractivity contribution in [1.29, 1.82) is 0 Å². The van der Waals surface area contributed by atoms with E-state index in [1.165, 1.54) is 0 Å². The molecule has 0 aliphatic carbocycles. The highest BCUT2D eigenvalue weighted by atomic mass is 32.2. The molecule has 30 heavy (non-hydrogen) atoms. The molecular formula is C24H32N2O3S. The van der Waals surface area contributed by atoms with E-state index in [1.807, 2.05) is 60.5 Å². The van der Waals surface area contributed by atoms with Gasteiger partial charge in [-0.15, -0.1) is 0 Å². The lowest BCUT2D eigenvalue weighted by molar-refractivity contribution is -0.138. The predicted octanol–water partition coefficient (Wildman–Crippen LogP) is 4.08. The highest BCUT2D eigenvalue weighted by molar-refractivity contribution is 7.88. The summed E-state index contributed by atoms with van der Waals surface area (Å²) < 4.78 is 27.1. The number of piperidine rings is 1. The van der Waals surface area contributed by atoms with Gasteiger partial charge in [0.2, 0.25) is 15.9 Å². The van der Waals surface area contributed by atoms with Gasteiger partial charge >= 0.3 is 0 Å². The molecule has 1 aliphatic rings. The maximum absolute atomic E-state index is 13.2. The molecule has 6 heteroatoms. The molecule has 0 aromatic heterocycles. The zero-order valence-corrected chi connectivity index (χ0v) is 18.9. The van der Waals surface area contributed by atoms with E-state index in [4.69, 9.17) is 0 Å². The summed E-state index contributed by atoms with van der Waals surface area (Å²) in [5.74, 6) is 0.268. The third-order valence-corrected chi connectivity index (χ3v) is 7.78. The van der Waals surface area contributed by atoms with Gasteiger partial charge in [-0.05, 0) is 29.9 Å². The van der Waals surface area contributed by atoms with Crippen LogP contribution < -0.4 is 0 Å². The second-order valence-electron chi connectivity index (χ2n) is 8.46. The van der Waals surface area contributed by atoms with E-state index in [0.717, 1.165) is 11.1 Å². The summed E-state index contributed by atoms with van der Waals surface area (Å²) in [6.45, 7) is 5.05. The fourth-order valence-electron chi connectivity index (χ4n) is 4.39. The van der Waals surface area contributed by atoms with Gasteiger partial charge in [-0.2, -0.15) is 0 Å². The molecule has 1 amide bonds. The number of carbonyl (C=O) groups excluding carboxylic acids is 1. The number of hydrogen-bond acceptors (Lipinski definition) is 3. The van der Waals surface area contributed by atoms with Crippen molar-refractivity contribution >= 4 is 15.9 Å². The topological polar surface area (TPSA) is 57.7 Å². The molecule has 5 nitrogen and oxygen atoms in total. The Hall–Kier alpha value is -2.18. The van der Waals surface area contributed by atoms with E-state index in [0.29, 0.717) is 25.9 Å². The molecule has 0 bridgehead atoms. The van der Waals surface area contributed by atoms with Gasteiger partial charge in [0.1, 0.15) is 0 Å². The molecule has 2 aromatic rings. The van der Waals surface area contributed by atoms with Crippen LogP contribution in [-0.2, 0) is 20.6 Å². The minimum Gasteiger partial charge on any atom is -0.338 e. The zero-order chi connectivity index (χ0) is 21.7. The first-order valence-corrected chi connectivity index (χ1v) is 12.2. The molecule has 1 atom stereocenters. The first kappa shape index (κ1) is 22.5. The zero-order valence-electron chi connectivity index (χ0n) is 18.1. The molecule has 0 N–H and O–H groups in total. The quantitative estimate of drug-likeness (QED) is 0.668. The first-order chi connectivity index (χ1) is 14.3. The standard InChI is InChI=1S/C24H32N2O3S/c1-19(2)23(21-12-8-5-9-13-21)25(3)24(27)22-14-16-26(17-15-22)30(28,29)18-20-10-6-4-7-11-20/h4-13,19,22-23H,14-18H2,1-3H3. The summed E-state index contributed by atoms with van der Waals surface area (Å²) in [5.41, 5.74) is 1.92. The maximum atomic E-state index is 13.2. The molecular weight excluding hydrogens is 396 g/mol. The van der Waals surface area contributed by atoms with E-state index in [1.54, 1.807) is 4.31 Å². The molecule has 162 valence electrons. The van der Waals surface area contributed by atoms with E-state index in [9.17, 15) is 13.2 Å². The Labute approximate surface area is 180 Å². The van der Waals surface area contributed by atoms with Crippen molar-refractivity contribution in [2.45, 2.75) is 38.5 Å². The fourth-order valence-corrected chi connectivity index (χ4v) is 5.95. The molecule has 1 fully saturated rings. The maximum Gasteiger partial charge on any atom is 0.226 e. The van der Waals surface area contributed by atoms with Crippen LogP contribution in [0.5, 0.6) is 0 Å². The van der Waals surface area contributed by atoms with Gasteiger partial charge in [-0.25, -0.2) is 12.7 Å². The second kappa shape index (κ2) is 9.75. The first-order valence-electron chi connectivity index (χ1n) is 10.6. The number of carbonyl (C=O) groups is 1. The van der Waals surface area contributed by atoms with Crippen LogP contribution in [0.2, 0.25) is 0 Å². The summed E-state index contributed by atoms with van der Waals surface area (Å²) in [5, 5.41) is 0. The van der Waals surface area contributed by atoms with Crippen LogP contribution in [0, 0.1) is 11.8 Å². The van der Waals surface area contributed by atoms with Gasteiger partial charge in [0.15, 0.2) is 0 Å². The third kappa shape index (κ3) is 5.29. The van der Waals surface area contributed by atoms with Crippen molar-refractivity contribution < 1.29 is 13.2 Å². The number of rotatable bonds is 7. The van der Waals surface area contributed by atoms with Gasteiger partial charge in [-0.3, -0.25) is 4.79 Å². The monoisotopic (exact) mass is 428 g/mol. The molecule has 1 heterocycles. The van der Waals surface area contributed by atoms with Crippen LogP contribution in [-0.4, -0.2) is 43.7 Å². The smallest absolute Gasteiger partial charge is 0.226 e. The van der Waals surface area contributed by atoms with Gasteiger partial charge in [-0.1, -0.05) is 74.5 Å². The van der Waals surface area contributed by atoms with Crippen LogP contribution in [0.3, 0.4) is 0 Å². The van der Waals surface area contributed by atoms with Crippen molar-refractivity contribution in [3.8, 4) is 0 Å². The molecule has 0 radical (unpaired) electrons. The van der Waals surface area contributed by atoms with Crippen LogP contribution in [0.4, 0.5) is 0 Å². The number of benzene rings is 2. The minimum atomic E-state index is -3.37. The Balaban J connectivity index is 1.63. The van der Waals surface area contributed by atoms with E-state index < -0.39 is 10.0 Å². The van der Waals surface area contributed by atoms with Crippen molar-refractivity contribution in [3.63, 3.8) is 0 Å². The molecule has 1 aliphatic heterocycles. The molecule has 1 saturated heterocycles. The minimum absolute atomic E-state index is 0.00971. The number of amides is 1. The highest BCUT2D eigenvalue weighted by Gasteiger charge is 2.34. The summed E-state index contributed by atoms with van der Waals surface area (Å²) in [6, 6.07) is 19.4. The lowest BCUT2D eigenvalue weighted by Gasteiger charge is -2.37. The van der Waals surface area contributed by atoms with Crippen LogP contribution in [0.25, 0.3) is 0 Å². The Morgan fingerprint density at radius 2 is 1.53 bits per heavy atom. The van der Waals surface area contributed by atoms with Crippen molar-refractivity contribution in [1.82, 2.24) is 9.21 Å². The average molecular weight is 429 g/mol. The molecule has 2 aromatic carbocycles. The van der Waals surface area contributed by atoms with Crippen LogP contribution in [0.15, 0.2) is 60.7 Å². The number of hydrogen-bond donors (Lipinski definition) is 0. The lowest BCUT2D eigenvalue weighted by Crippen LogP contribution is -2.45. The van der Waals surface area contributed by atoms with Crippen molar-refractivity contribution in [3.05, 3.63) is 71.8 Å². The second-order valence-corrected chi connectivity index (χ2v) is 10.4. The van der Waals surface area contributed by atoms with Gasteiger partial charge in [0.05, 0.1) is 11.8 Å². The van der Waals surface area contributed by atoms with Gasteiger partial charge in [0, 0.05) is 26.1 Å². The Morgan fingerprint density at radius 3 is 2.07 bits per heavy atom. The highest BCUT2D eigenvalue weighted by Crippen LogP contribution is 2.31. The van der Waals surface area contributed by atoms with E-state index in [2.05, 4.69) is 26.0 Å². The summed E-state index contributed by atoms with van der Waals surface area (Å²) in [7, 11) is -1.50. The Kier molecular flexibility index (Phi) is 7.32. The SMILES string of the molecule is CC(C)C(c1ccccc1)N(C)C(=O)C1CCN(S(=O)(=O)Cc2ccccc2)CC1. The fraction of sp³-hybridized carbons (Fsp3) is 0.458. The lowest BCUT2D eigenvalue weighted by atomic mass is 9.91. The normalized spacial score (nSPS) is 17.1. The number of nitrogens with zero attached hydrogens (tertiary/aromatic N) is 2. The van der Waals surface area contributed by atoms with Crippen molar-refractivity contribution in [2.24, 2.45) is 11.8 Å². The molecule has 3 rings (SSSR count). The summed E-state index contributed by atoms with van der Waals surface area (Å²) in [6.07, 6.45) is 1.13. The summed E-state index contributed by atoms with van der Waals surface area (Å²) >= 11 is 0. The predicted molar refractivity (Wildman–Crippen MR) is 120 cm³/mol. The molecule has 0 spiro atoms. The van der Waals surface area contributed by atoms with Crippen molar-refractivity contribution in [2.75, 3.05) is 20.1 Å². The third-order valence-electron chi connectivity index (χ3n) is 5.93. The van der Waals surface area contributed by atoms with Crippen LogP contribution >= 0.6 is 0 Å². The number of sulfonamides is 1. The Morgan fingerprint density at radius 1 is 1.00 bits per heavy atom. The van der Waals surface area contributed by atoms with Gasteiger partial charge < -0.3 is 4.90 Å². The molecule has 0 saturated carbocycles.